The van der Waals surface area contributed by atoms with Gasteiger partial charge in [0.25, 0.3) is 0 Å². The van der Waals surface area contributed by atoms with E-state index in [1.807, 2.05) is 30.3 Å². The summed E-state index contributed by atoms with van der Waals surface area (Å²) in [6.07, 6.45) is 0. The van der Waals surface area contributed by atoms with Gasteiger partial charge < -0.3 is 26.6 Å². The van der Waals surface area contributed by atoms with E-state index in [0.717, 1.165) is 5.19 Å². The fraction of sp³-hybridized carbons (Fsp3) is 0.538. The molecule has 0 aliphatic rings. The maximum atomic E-state index is 5.96. The molecule has 0 spiro atoms. The Morgan fingerprint density at radius 3 is 1.71 bits per heavy atom. The Balaban J connectivity index is 2.77. The van der Waals surface area contributed by atoms with E-state index in [4.69, 9.17) is 26.6 Å². The van der Waals surface area contributed by atoms with Gasteiger partial charge in [-0.05, 0) is 0 Å². The molecular weight excluding hydrogens is 308 g/mol. The van der Waals surface area contributed by atoms with Crippen LogP contribution in [0.25, 0.3) is 0 Å². The molecule has 21 heavy (non-hydrogen) atoms. The summed E-state index contributed by atoms with van der Waals surface area (Å²) in [6.45, 7) is 0.366. The molecule has 6 nitrogen and oxygen atoms in total. The second-order valence-electron chi connectivity index (χ2n) is 4.22. The molecule has 0 unspecified atom stereocenters. The summed E-state index contributed by atoms with van der Waals surface area (Å²) in [6, 6.07) is 10.2. The fourth-order valence-electron chi connectivity index (χ4n) is 2.03. The zero-order valence-corrected chi connectivity index (χ0v) is 15.3. The Morgan fingerprint density at radius 2 is 1.29 bits per heavy atom. The van der Waals surface area contributed by atoms with Crippen LogP contribution in [-0.4, -0.2) is 59.8 Å². The van der Waals surface area contributed by atoms with Crippen LogP contribution in [0.5, 0.6) is 0 Å². The predicted molar refractivity (Wildman–Crippen MR) is 83.4 cm³/mol. The maximum Gasteiger partial charge on any atom is 0.536 e. The highest BCUT2D eigenvalue weighted by Gasteiger charge is 2.44. The van der Waals surface area contributed by atoms with Crippen LogP contribution in [0.3, 0.4) is 0 Å². The first kappa shape index (κ1) is 18.5. The van der Waals surface area contributed by atoms with Gasteiger partial charge >= 0.3 is 17.6 Å². The highest BCUT2D eigenvalue weighted by atomic mass is 28.4. The molecule has 0 aliphatic carbocycles. The van der Waals surface area contributed by atoms with E-state index >= 15 is 0 Å². The van der Waals surface area contributed by atoms with Gasteiger partial charge in [0.15, 0.2) is 0 Å². The molecule has 0 fully saturated rings. The summed E-state index contributed by atoms with van der Waals surface area (Å²) >= 11 is 0. The molecule has 1 rings (SSSR count). The fourth-order valence-corrected chi connectivity index (χ4v) is 5.71. The van der Waals surface area contributed by atoms with E-state index in [0.29, 0.717) is 12.7 Å². The van der Waals surface area contributed by atoms with Crippen LogP contribution in [-0.2, 0) is 26.6 Å². The van der Waals surface area contributed by atoms with Gasteiger partial charge in [0.2, 0.25) is 0 Å². The van der Waals surface area contributed by atoms with Gasteiger partial charge in [-0.25, -0.2) is 0 Å². The monoisotopic (exact) mass is 332 g/mol. The molecular formula is C13H24O6Si2. The van der Waals surface area contributed by atoms with Crippen molar-refractivity contribution in [3.8, 4) is 0 Å². The molecule has 0 saturated heterocycles. The van der Waals surface area contributed by atoms with Crippen molar-refractivity contribution in [2.75, 3.05) is 42.2 Å². The van der Waals surface area contributed by atoms with Gasteiger partial charge in [-0.2, -0.15) is 0 Å². The lowest BCUT2D eigenvalue weighted by molar-refractivity contribution is 0.0946. The quantitative estimate of drug-likeness (QED) is 0.596. The van der Waals surface area contributed by atoms with Crippen molar-refractivity contribution in [2.24, 2.45) is 0 Å². The molecule has 0 atom stereocenters. The standard InChI is InChI=1S/C13H24O6Si2/c1-14-20(15-2,16-3)12-11-19-21(17-4,18-5)13-9-7-6-8-10-13/h6-10H,11-12H2,1-5H3. The molecule has 0 bridgehead atoms. The van der Waals surface area contributed by atoms with Crippen LogP contribution in [0.2, 0.25) is 6.04 Å². The van der Waals surface area contributed by atoms with Gasteiger partial charge in [0.1, 0.15) is 0 Å². The lowest BCUT2D eigenvalue weighted by Gasteiger charge is -2.29. The molecule has 120 valence electrons. The van der Waals surface area contributed by atoms with Gasteiger partial charge in [0, 0.05) is 53.4 Å². The van der Waals surface area contributed by atoms with Crippen LogP contribution in [0.1, 0.15) is 0 Å². The first-order valence-corrected chi connectivity index (χ1v) is 10.2. The first-order valence-electron chi connectivity index (χ1n) is 6.57. The van der Waals surface area contributed by atoms with Crippen LogP contribution < -0.4 is 5.19 Å². The average Bonchev–Trinajstić information content (AvgIpc) is 2.57. The SMILES string of the molecule is CO[Si](CCO[Si](OC)(OC)c1ccccc1)(OC)OC. The van der Waals surface area contributed by atoms with E-state index in [1.54, 1.807) is 35.5 Å². The Hall–Kier alpha value is -0.586. The molecule has 0 aromatic heterocycles. The first-order chi connectivity index (χ1) is 10.1. The van der Waals surface area contributed by atoms with Crippen LogP contribution >= 0.6 is 0 Å². The van der Waals surface area contributed by atoms with Crippen molar-refractivity contribution in [1.82, 2.24) is 0 Å². The summed E-state index contributed by atoms with van der Waals surface area (Å²) in [4.78, 5) is 0. The zero-order valence-electron chi connectivity index (χ0n) is 13.3. The van der Waals surface area contributed by atoms with Crippen molar-refractivity contribution in [1.29, 1.82) is 0 Å². The van der Waals surface area contributed by atoms with E-state index in [-0.39, 0.29) is 0 Å². The average molecular weight is 333 g/mol. The van der Waals surface area contributed by atoms with E-state index in [9.17, 15) is 0 Å². The minimum Gasteiger partial charge on any atom is -0.377 e. The second-order valence-corrected chi connectivity index (χ2v) is 10.1. The normalized spacial score (nSPS) is 12.6. The highest BCUT2D eigenvalue weighted by Crippen LogP contribution is 2.15. The van der Waals surface area contributed by atoms with Crippen molar-refractivity contribution >= 4 is 22.8 Å². The lowest BCUT2D eigenvalue weighted by Crippen LogP contribution is -2.56. The predicted octanol–water partition coefficient (Wildman–Crippen LogP) is 1.02. The van der Waals surface area contributed by atoms with Crippen molar-refractivity contribution in [3.63, 3.8) is 0 Å². The van der Waals surface area contributed by atoms with E-state index in [1.165, 1.54) is 0 Å². The molecule has 0 aliphatic heterocycles. The molecule has 1 aromatic carbocycles. The lowest BCUT2D eigenvalue weighted by atomic mass is 10.4. The Morgan fingerprint density at radius 1 is 0.762 bits per heavy atom. The number of rotatable bonds is 10. The third-order valence-electron chi connectivity index (χ3n) is 3.30. The molecule has 0 amide bonds. The summed E-state index contributed by atoms with van der Waals surface area (Å²) in [5.74, 6) is 0. The Kier molecular flexibility index (Phi) is 7.70. The van der Waals surface area contributed by atoms with Gasteiger partial charge in [-0.15, -0.1) is 0 Å². The minimum atomic E-state index is -2.90. The highest BCUT2D eigenvalue weighted by molar-refractivity contribution is 6.75. The summed E-state index contributed by atoms with van der Waals surface area (Å²) in [5, 5.41) is 0.912. The van der Waals surface area contributed by atoms with Crippen molar-refractivity contribution in [2.45, 2.75) is 6.04 Å². The largest absolute Gasteiger partial charge is 0.536 e. The molecule has 0 saturated carbocycles. The maximum absolute atomic E-state index is 5.96. The number of hydrogen-bond acceptors (Lipinski definition) is 6. The van der Waals surface area contributed by atoms with E-state index < -0.39 is 17.6 Å². The molecule has 8 heteroatoms. The zero-order chi connectivity index (χ0) is 15.8. The summed E-state index contributed by atoms with van der Waals surface area (Å²) < 4.78 is 33.2. The van der Waals surface area contributed by atoms with Crippen LogP contribution in [0.15, 0.2) is 30.3 Å². The molecule has 1 aromatic rings. The van der Waals surface area contributed by atoms with Crippen LogP contribution in [0, 0.1) is 0 Å². The molecule has 0 N–H and O–H groups in total. The number of hydrogen-bond donors (Lipinski definition) is 0. The molecule has 0 heterocycles. The third-order valence-corrected chi connectivity index (χ3v) is 8.68. The Labute approximate surface area is 128 Å². The second kappa shape index (κ2) is 8.76. The summed E-state index contributed by atoms with van der Waals surface area (Å²) in [7, 11) is 2.36. The molecule has 0 radical (unpaired) electrons. The van der Waals surface area contributed by atoms with Gasteiger partial charge in [-0.1, -0.05) is 30.3 Å². The summed E-state index contributed by atoms with van der Waals surface area (Å²) in [5.41, 5.74) is 0. The van der Waals surface area contributed by atoms with Crippen molar-refractivity contribution in [3.05, 3.63) is 30.3 Å². The van der Waals surface area contributed by atoms with Gasteiger partial charge in [0.05, 0.1) is 0 Å². The van der Waals surface area contributed by atoms with Gasteiger partial charge in [-0.3, -0.25) is 0 Å². The topological polar surface area (TPSA) is 55.4 Å². The number of benzene rings is 1. The van der Waals surface area contributed by atoms with Crippen molar-refractivity contribution < 1.29 is 26.6 Å². The minimum absolute atomic E-state index is 0.366. The smallest absolute Gasteiger partial charge is 0.377 e. The van der Waals surface area contributed by atoms with E-state index in [2.05, 4.69) is 0 Å². The van der Waals surface area contributed by atoms with Crippen LogP contribution in [0.4, 0.5) is 0 Å². The third kappa shape index (κ3) is 4.44. The Bertz CT molecular complexity index is 387.